The summed E-state index contributed by atoms with van der Waals surface area (Å²) in [6.07, 6.45) is 4.96. The van der Waals surface area contributed by atoms with E-state index in [-0.39, 0.29) is 6.10 Å². The van der Waals surface area contributed by atoms with Crippen LogP contribution in [-0.4, -0.2) is 17.1 Å². The summed E-state index contributed by atoms with van der Waals surface area (Å²) in [5.41, 5.74) is 1.58. The molecule has 3 heterocycles. The van der Waals surface area contributed by atoms with E-state index in [1.807, 2.05) is 30.3 Å². The molecule has 4 nitrogen and oxygen atoms in total. The van der Waals surface area contributed by atoms with Gasteiger partial charge < -0.3 is 9.15 Å². The molecule has 1 unspecified atom stereocenters. The van der Waals surface area contributed by atoms with Gasteiger partial charge in [0.2, 0.25) is 5.71 Å². The third-order valence-corrected chi connectivity index (χ3v) is 2.79. The molecule has 1 atom stereocenters. The smallest absolute Gasteiger partial charge is 0.226 e. The Balaban J connectivity index is 2.06. The number of ether oxygens (including phenoxy) is 1. The molecule has 0 N–H and O–H groups in total. The molecule has 0 aliphatic carbocycles. The summed E-state index contributed by atoms with van der Waals surface area (Å²) in [7, 11) is 1.65. The van der Waals surface area contributed by atoms with E-state index < -0.39 is 0 Å². The topological polar surface area (TPSA) is 48.2 Å². The first kappa shape index (κ1) is 10.9. The highest BCUT2D eigenvalue weighted by molar-refractivity contribution is 5.73. The standard InChI is InChI=1S/C14H12N2O2/c1-17-13(11-5-2-6-15-9-11)12-8-10-4-3-7-16-14(10)18-12/h2-9,13H,1H3. The highest BCUT2D eigenvalue weighted by Gasteiger charge is 2.18. The number of pyridine rings is 2. The van der Waals surface area contributed by atoms with Crippen LogP contribution >= 0.6 is 0 Å². The van der Waals surface area contributed by atoms with Crippen molar-refractivity contribution in [3.05, 3.63) is 60.2 Å². The van der Waals surface area contributed by atoms with Crippen LogP contribution in [0.2, 0.25) is 0 Å². The van der Waals surface area contributed by atoms with Gasteiger partial charge in [-0.05, 0) is 24.3 Å². The molecule has 3 aromatic rings. The van der Waals surface area contributed by atoms with Gasteiger partial charge in [0.1, 0.15) is 11.9 Å². The Morgan fingerprint density at radius 2 is 2.11 bits per heavy atom. The monoisotopic (exact) mass is 240 g/mol. The zero-order valence-corrected chi connectivity index (χ0v) is 9.91. The Morgan fingerprint density at radius 1 is 1.22 bits per heavy atom. The van der Waals surface area contributed by atoms with E-state index in [4.69, 9.17) is 9.15 Å². The second kappa shape index (κ2) is 4.58. The highest BCUT2D eigenvalue weighted by atomic mass is 16.5. The molecule has 0 aliphatic rings. The van der Waals surface area contributed by atoms with Crippen LogP contribution in [0.25, 0.3) is 11.1 Å². The van der Waals surface area contributed by atoms with Crippen LogP contribution in [0.3, 0.4) is 0 Å². The lowest BCUT2D eigenvalue weighted by atomic mass is 10.1. The van der Waals surface area contributed by atoms with Gasteiger partial charge >= 0.3 is 0 Å². The van der Waals surface area contributed by atoms with Crippen molar-refractivity contribution < 1.29 is 9.15 Å². The second-order valence-electron chi connectivity index (χ2n) is 3.95. The predicted molar refractivity (Wildman–Crippen MR) is 67.1 cm³/mol. The van der Waals surface area contributed by atoms with Crippen LogP contribution < -0.4 is 0 Å². The van der Waals surface area contributed by atoms with Crippen LogP contribution in [0, 0.1) is 0 Å². The molecule has 3 aromatic heterocycles. The van der Waals surface area contributed by atoms with Crippen molar-refractivity contribution in [2.45, 2.75) is 6.10 Å². The van der Waals surface area contributed by atoms with Crippen molar-refractivity contribution in [1.82, 2.24) is 9.97 Å². The number of hydrogen-bond acceptors (Lipinski definition) is 4. The maximum absolute atomic E-state index is 5.71. The first-order chi connectivity index (χ1) is 8.88. The third kappa shape index (κ3) is 1.87. The fourth-order valence-electron chi connectivity index (χ4n) is 1.97. The first-order valence-electron chi connectivity index (χ1n) is 5.65. The fourth-order valence-corrected chi connectivity index (χ4v) is 1.97. The molecule has 0 aromatic carbocycles. The lowest BCUT2D eigenvalue weighted by molar-refractivity contribution is 0.117. The molecule has 0 fully saturated rings. The van der Waals surface area contributed by atoms with Crippen LogP contribution in [0.4, 0.5) is 0 Å². The van der Waals surface area contributed by atoms with E-state index in [0.717, 1.165) is 16.7 Å². The summed E-state index contributed by atoms with van der Waals surface area (Å²) in [4.78, 5) is 8.27. The number of furan rings is 1. The summed E-state index contributed by atoms with van der Waals surface area (Å²) in [5, 5.41) is 0.971. The molecule has 18 heavy (non-hydrogen) atoms. The minimum atomic E-state index is -0.257. The maximum Gasteiger partial charge on any atom is 0.226 e. The second-order valence-corrected chi connectivity index (χ2v) is 3.95. The van der Waals surface area contributed by atoms with Gasteiger partial charge in [0.25, 0.3) is 0 Å². The Bertz CT molecular complexity index is 616. The fraction of sp³-hybridized carbons (Fsp3) is 0.143. The number of methoxy groups -OCH3 is 1. The Morgan fingerprint density at radius 3 is 2.83 bits per heavy atom. The summed E-state index contributed by atoms with van der Waals surface area (Å²) >= 11 is 0. The van der Waals surface area contributed by atoms with Crippen LogP contribution in [0.5, 0.6) is 0 Å². The van der Waals surface area contributed by atoms with Crippen LogP contribution in [-0.2, 0) is 4.74 Å². The predicted octanol–water partition coefficient (Wildman–Crippen LogP) is 2.96. The zero-order valence-electron chi connectivity index (χ0n) is 9.91. The van der Waals surface area contributed by atoms with Crippen molar-refractivity contribution in [3.63, 3.8) is 0 Å². The molecule has 3 rings (SSSR count). The molecule has 0 saturated heterocycles. The summed E-state index contributed by atoms with van der Waals surface area (Å²) in [6.45, 7) is 0. The zero-order chi connectivity index (χ0) is 12.4. The average molecular weight is 240 g/mol. The van der Waals surface area contributed by atoms with Gasteiger partial charge in [-0.2, -0.15) is 0 Å². The average Bonchev–Trinajstić information content (AvgIpc) is 2.84. The van der Waals surface area contributed by atoms with E-state index in [9.17, 15) is 0 Å². The molecule has 0 aliphatic heterocycles. The van der Waals surface area contributed by atoms with Crippen LogP contribution in [0.1, 0.15) is 17.4 Å². The first-order valence-corrected chi connectivity index (χ1v) is 5.65. The quantitative estimate of drug-likeness (QED) is 0.706. The van der Waals surface area contributed by atoms with Crippen LogP contribution in [0.15, 0.2) is 53.3 Å². The van der Waals surface area contributed by atoms with Crippen molar-refractivity contribution in [3.8, 4) is 0 Å². The minimum absolute atomic E-state index is 0.257. The Kier molecular flexibility index (Phi) is 2.78. The van der Waals surface area contributed by atoms with Crippen molar-refractivity contribution in [2.75, 3.05) is 7.11 Å². The number of fused-ring (bicyclic) bond motifs is 1. The molecular weight excluding hydrogens is 228 g/mol. The van der Waals surface area contributed by atoms with E-state index >= 15 is 0 Å². The highest BCUT2D eigenvalue weighted by Crippen LogP contribution is 2.29. The van der Waals surface area contributed by atoms with E-state index in [0.29, 0.717) is 5.71 Å². The lowest BCUT2D eigenvalue weighted by Crippen LogP contribution is -2.02. The van der Waals surface area contributed by atoms with E-state index in [1.165, 1.54) is 0 Å². The van der Waals surface area contributed by atoms with Gasteiger partial charge in [0.15, 0.2) is 0 Å². The number of aromatic nitrogens is 2. The van der Waals surface area contributed by atoms with E-state index in [1.54, 1.807) is 25.7 Å². The van der Waals surface area contributed by atoms with Crippen molar-refractivity contribution in [2.24, 2.45) is 0 Å². The molecule has 4 heteroatoms. The SMILES string of the molecule is COC(c1cccnc1)c1cc2cccnc2o1. The Labute approximate surface area is 104 Å². The van der Waals surface area contributed by atoms with E-state index in [2.05, 4.69) is 9.97 Å². The third-order valence-electron chi connectivity index (χ3n) is 2.79. The Hall–Kier alpha value is -2.20. The van der Waals surface area contributed by atoms with Crippen molar-refractivity contribution >= 4 is 11.1 Å². The molecule has 0 saturated carbocycles. The summed E-state index contributed by atoms with van der Waals surface area (Å²) in [6, 6.07) is 9.63. The molecular formula is C14H12N2O2. The minimum Gasteiger partial charge on any atom is -0.440 e. The maximum atomic E-state index is 5.71. The largest absolute Gasteiger partial charge is 0.440 e. The molecule has 90 valence electrons. The van der Waals surface area contributed by atoms with Gasteiger partial charge in [-0.25, -0.2) is 4.98 Å². The van der Waals surface area contributed by atoms with Gasteiger partial charge in [0, 0.05) is 36.7 Å². The summed E-state index contributed by atoms with van der Waals surface area (Å²) in [5.74, 6) is 0.735. The molecule has 0 spiro atoms. The molecule has 0 amide bonds. The number of hydrogen-bond donors (Lipinski definition) is 0. The normalized spacial score (nSPS) is 12.7. The number of rotatable bonds is 3. The van der Waals surface area contributed by atoms with Gasteiger partial charge in [-0.15, -0.1) is 0 Å². The summed E-state index contributed by atoms with van der Waals surface area (Å²) < 4.78 is 11.2. The number of nitrogens with zero attached hydrogens (tertiary/aromatic N) is 2. The molecule has 0 bridgehead atoms. The van der Waals surface area contributed by atoms with Gasteiger partial charge in [-0.1, -0.05) is 6.07 Å². The lowest BCUT2D eigenvalue weighted by Gasteiger charge is -2.11. The van der Waals surface area contributed by atoms with Crippen molar-refractivity contribution in [1.29, 1.82) is 0 Å². The molecule has 0 radical (unpaired) electrons. The van der Waals surface area contributed by atoms with Gasteiger partial charge in [0.05, 0.1) is 0 Å². The van der Waals surface area contributed by atoms with Gasteiger partial charge in [-0.3, -0.25) is 4.98 Å².